The van der Waals surface area contributed by atoms with E-state index in [2.05, 4.69) is 39.8 Å². The van der Waals surface area contributed by atoms with Gasteiger partial charge in [-0.15, -0.1) is 0 Å². The lowest BCUT2D eigenvalue weighted by atomic mass is 9.89. The zero-order valence-corrected chi connectivity index (χ0v) is 21.4. The van der Waals surface area contributed by atoms with Crippen molar-refractivity contribution in [1.82, 2.24) is 29.4 Å². The third-order valence-corrected chi connectivity index (χ3v) is 7.12. The van der Waals surface area contributed by atoms with Crippen LogP contribution in [0.25, 0.3) is 5.65 Å². The molecule has 0 atom stereocenters. The summed E-state index contributed by atoms with van der Waals surface area (Å²) >= 11 is 0. The number of aromatic nitrogens is 4. The first-order valence-corrected chi connectivity index (χ1v) is 12.9. The Morgan fingerprint density at radius 2 is 1.86 bits per heavy atom. The summed E-state index contributed by atoms with van der Waals surface area (Å²) in [6.45, 7) is 4.00. The number of imidazole rings is 1. The van der Waals surface area contributed by atoms with Gasteiger partial charge in [-0.25, -0.2) is 9.78 Å². The second kappa shape index (κ2) is 10.9. The lowest BCUT2D eigenvalue weighted by Gasteiger charge is -2.32. The fraction of sp³-hybridized carbons (Fsp3) is 0.357. The van der Waals surface area contributed by atoms with Gasteiger partial charge in [-0.05, 0) is 60.6 Å². The van der Waals surface area contributed by atoms with E-state index >= 15 is 0 Å². The number of hydrogen-bond donors (Lipinski definition) is 2. The van der Waals surface area contributed by atoms with E-state index in [1.54, 1.807) is 12.4 Å². The molecular weight excluding hydrogens is 466 g/mol. The number of urea groups is 1. The number of benzene rings is 1. The van der Waals surface area contributed by atoms with Crippen LogP contribution in [-0.4, -0.2) is 49.1 Å². The van der Waals surface area contributed by atoms with Crippen LogP contribution >= 0.6 is 0 Å². The summed E-state index contributed by atoms with van der Waals surface area (Å²) in [7, 11) is 1.90. The first kappa shape index (κ1) is 24.5. The van der Waals surface area contributed by atoms with Gasteiger partial charge in [0.2, 0.25) is 0 Å². The summed E-state index contributed by atoms with van der Waals surface area (Å²) < 4.78 is 3.75. The van der Waals surface area contributed by atoms with Crippen LogP contribution in [0.1, 0.15) is 59.3 Å². The predicted molar refractivity (Wildman–Crippen MR) is 143 cm³/mol. The Kier molecular flexibility index (Phi) is 7.20. The highest BCUT2D eigenvalue weighted by Crippen LogP contribution is 2.30. The second-order valence-corrected chi connectivity index (χ2v) is 9.60. The number of carbonyl (C=O) groups excluding carboxylic acids is 2. The van der Waals surface area contributed by atoms with Crippen molar-refractivity contribution < 1.29 is 9.59 Å². The second-order valence-electron chi connectivity index (χ2n) is 9.60. The molecule has 0 aliphatic carbocycles. The number of anilines is 1. The summed E-state index contributed by atoms with van der Waals surface area (Å²) in [6, 6.07) is 11.7. The van der Waals surface area contributed by atoms with Gasteiger partial charge in [-0.3, -0.25) is 9.48 Å². The van der Waals surface area contributed by atoms with Crippen LogP contribution in [0.5, 0.6) is 0 Å². The molecule has 3 aromatic heterocycles. The van der Waals surface area contributed by atoms with Gasteiger partial charge >= 0.3 is 6.03 Å². The number of likely N-dealkylation sites (tertiary alicyclic amines) is 1. The minimum atomic E-state index is -0.249. The van der Waals surface area contributed by atoms with E-state index in [0.717, 1.165) is 66.9 Å². The maximum Gasteiger partial charge on any atom is 0.319 e. The van der Waals surface area contributed by atoms with Crippen LogP contribution in [0.15, 0.2) is 61.2 Å². The minimum absolute atomic E-state index is 0.0882. The first-order valence-electron chi connectivity index (χ1n) is 12.9. The number of nitrogens with one attached hydrogen (secondary N) is 2. The molecule has 9 nitrogen and oxygen atoms in total. The van der Waals surface area contributed by atoms with Crippen molar-refractivity contribution in [2.24, 2.45) is 7.05 Å². The quantitative estimate of drug-likeness (QED) is 0.395. The number of fused-ring (bicyclic) bond motifs is 1. The molecule has 37 heavy (non-hydrogen) atoms. The van der Waals surface area contributed by atoms with Gasteiger partial charge in [0.1, 0.15) is 5.65 Å². The molecule has 0 radical (unpaired) electrons. The van der Waals surface area contributed by atoms with Crippen molar-refractivity contribution in [2.45, 2.75) is 45.1 Å². The highest BCUT2D eigenvalue weighted by Gasteiger charge is 2.27. The van der Waals surface area contributed by atoms with E-state index in [9.17, 15) is 9.59 Å². The lowest BCUT2D eigenvalue weighted by molar-refractivity contribution is 0.0711. The molecule has 0 bridgehead atoms. The van der Waals surface area contributed by atoms with Crippen LogP contribution in [0.2, 0.25) is 0 Å². The Morgan fingerprint density at radius 3 is 2.62 bits per heavy atom. The third-order valence-electron chi connectivity index (χ3n) is 7.12. The van der Waals surface area contributed by atoms with E-state index in [-0.39, 0.29) is 11.9 Å². The molecule has 192 valence electrons. The van der Waals surface area contributed by atoms with Crippen molar-refractivity contribution in [1.29, 1.82) is 0 Å². The van der Waals surface area contributed by atoms with E-state index in [0.29, 0.717) is 12.5 Å². The molecule has 9 heteroatoms. The topological polar surface area (TPSA) is 96.6 Å². The normalized spacial score (nSPS) is 14.2. The zero-order chi connectivity index (χ0) is 25.8. The molecule has 0 spiro atoms. The number of aryl methyl sites for hydroxylation is 1. The molecule has 2 N–H and O–H groups in total. The Bertz CT molecular complexity index is 1380. The molecule has 0 saturated carbocycles. The molecule has 3 amide bonds. The van der Waals surface area contributed by atoms with Crippen LogP contribution in [0.3, 0.4) is 0 Å². The number of amides is 3. The molecule has 1 aromatic carbocycles. The summed E-state index contributed by atoms with van der Waals surface area (Å²) in [5, 5.41) is 10.1. The average Bonchev–Trinajstić information content (AvgIpc) is 3.54. The molecule has 1 saturated heterocycles. The van der Waals surface area contributed by atoms with Crippen molar-refractivity contribution in [3.05, 3.63) is 83.6 Å². The SMILES string of the molecule is CCCc1c(C(=O)N2CCC(c3ccc(NC(=O)NCc4ccn5ccnc5c4)cc3)CC2)cnn1C. The third kappa shape index (κ3) is 5.50. The van der Waals surface area contributed by atoms with E-state index in [4.69, 9.17) is 0 Å². The number of carbonyl (C=O) groups is 2. The Labute approximate surface area is 216 Å². The summed E-state index contributed by atoms with van der Waals surface area (Å²) in [5.41, 5.74) is 5.57. The average molecular weight is 500 g/mol. The van der Waals surface area contributed by atoms with Crippen molar-refractivity contribution >= 4 is 23.3 Å². The number of piperidine rings is 1. The van der Waals surface area contributed by atoms with Gasteiger partial charge in [-0.1, -0.05) is 25.5 Å². The maximum atomic E-state index is 13.1. The fourth-order valence-corrected chi connectivity index (χ4v) is 5.02. The number of rotatable bonds is 7. The van der Waals surface area contributed by atoms with Crippen LogP contribution in [0, 0.1) is 0 Å². The first-order chi connectivity index (χ1) is 18.0. The van der Waals surface area contributed by atoms with E-state index < -0.39 is 0 Å². The highest BCUT2D eigenvalue weighted by molar-refractivity contribution is 5.95. The molecule has 4 heterocycles. The number of nitrogens with zero attached hydrogens (tertiary/aromatic N) is 5. The molecule has 1 fully saturated rings. The van der Waals surface area contributed by atoms with Crippen molar-refractivity contribution in [3.8, 4) is 0 Å². The minimum Gasteiger partial charge on any atom is -0.338 e. The number of hydrogen-bond acceptors (Lipinski definition) is 4. The molecule has 1 aliphatic rings. The van der Waals surface area contributed by atoms with Gasteiger partial charge in [-0.2, -0.15) is 5.10 Å². The van der Waals surface area contributed by atoms with E-state index in [1.165, 1.54) is 5.56 Å². The van der Waals surface area contributed by atoms with Gasteiger partial charge in [0, 0.05) is 51.0 Å². The highest BCUT2D eigenvalue weighted by atomic mass is 16.2. The van der Waals surface area contributed by atoms with Gasteiger partial charge in [0.15, 0.2) is 0 Å². The Balaban J connectivity index is 1.11. The smallest absolute Gasteiger partial charge is 0.319 e. The van der Waals surface area contributed by atoms with E-state index in [1.807, 2.05) is 57.7 Å². The van der Waals surface area contributed by atoms with Crippen molar-refractivity contribution in [2.75, 3.05) is 18.4 Å². The molecule has 1 aliphatic heterocycles. The lowest BCUT2D eigenvalue weighted by Crippen LogP contribution is -2.38. The summed E-state index contributed by atoms with van der Waals surface area (Å²) in [6.07, 6.45) is 10.9. The Morgan fingerprint density at radius 1 is 1.08 bits per heavy atom. The molecule has 0 unspecified atom stereocenters. The van der Waals surface area contributed by atoms with Crippen LogP contribution in [-0.2, 0) is 20.0 Å². The predicted octanol–water partition coefficient (Wildman–Crippen LogP) is 4.36. The van der Waals surface area contributed by atoms with Gasteiger partial charge < -0.3 is 19.9 Å². The van der Waals surface area contributed by atoms with Crippen LogP contribution < -0.4 is 10.6 Å². The molecule has 4 aromatic rings. The maximum absolute atomic E-state index is 13.1. The summed E-state index contributed by atoms with van der Waals surface area (Å²) in [5.74, 6) is 0.485. The molecule has 5 rings (SSSR count). The summed E-state index contributed by atoms with van der Waals surface area (Å²) in [4.78, 5) is 31.7. The van der Waals surface area contributed by atoms with Gasteiger partial charge in [0.05, 0.1) is 17.5 Å². The standard InChI is InChI=1S/C28H33N7O2/c1-3-4-25-24(19-31-33(25)2)27(36)35-14-10-22(11-15-35)21-5-7-23(8-6-21)32-28(37)30-18-20-9-13-34-16-12-29-26(34)17-20/h5-9,12-13,16-17,19,22H,3-4,10-11,14-15,18H2,1-2H3,(H2,30,32,37). The van der Waals surface area contributed by atoms with Crippen LogP contribution in [0.4, 0.5) is 10.5 Å². The number of pyridine rings is 1. The Hall–Kier alpha value is -4.14. The monoisotopic (exact) mass is 499 g/mol. The van der Waals surface area contributed by atoms with Gasteiger partial charge in [0.25, 0.3) is 5.91 Å². The molecular formula is C28H33N7O2. The fourth-order valence-electron chi connectivity index (χ4n) is 5.02. The zero-order valence-electron chi connectivity index (χ0n) is 21.4. The largest absolute Gasteiger partial charge is 0.338 e. The van der Waals surface area contributed by atoms with Crippen molar-refractivity contribution in [3.63, 3.8) is 0 Å².